The summed E-state index contributed by atoms with van der Waals surface area (Å²) in [6.45, 7) is 3.97. The number of benzene rings is 1. The van der Waals surface area contributed by atoms with Gasteiger partial charge >= 0.3 is 0 Å². The number of hydrogen-bond donors (Lipinski definition) is 1. The average molecular weight is 348 g/mol. The summed E-state index contributed by atoms with van der Waals surface area (Å²) in [5, 5.41) is 4.75. The summed E-state index contributed by atoms with van der Waals surface area (Å²) >= 11 is 1.59. The molecule has 0 unspecified atom stereocenters. The van der Waals surface area contributed by atoms with Crippen LogP contribution >= 0.6 is 11.3 Å². The predicted molar refractivity (Wildman–Crippen MR) is 91.2 cm³/mol. The first-order valence-corrected chi connectivity index (χ1v) is 9.63. The number of nitrogens with zero attached hydrogens (tertiary/aromatic N) is 1. The summed E-state index contributed by atoms with van der Waals surface area (Å²) in [5.74, 6) is -0.368. The first kappa shape index (κ1) is 15.9. The van der Waals surface area contributed by atoms with E-state index in [1.165, 1.54) is 6.08 Å². The number of nitrogens with one attached hydrogen (secondary N) is 1. The summed E-state index contributed by atoms with van der Waals surface area (Å²) in [6, 6.07) is 6.73. The van der Waals surface area contributed by atoms with Crippen molar-refractivity contribution < 1.29 is 13.2 Å². The van der Waals surface area contributed by atoms with Gasteiger partial charge in [0.1, 0.15) is 5.01 Å². The Bertz CT molecular complexity index is 878. The molecular weight excluding hydrogens is 332 g/mol. The molecule has 1 atom stereocenters. The van der Waals surface area contributed by atoms with Gasteiger partial charge in [0, 0.05) is 21.4 Å². The van der Waals surface area contributed by atoms with Gasteiger partial charge in [-0.15, -0.1) is 11.3 Å². The van der Waals surface area contributed by atoms with Crippen molar-refractivity contribution >= 4 is 27.1 Å². The highest BCUT2D eigenvalue weighted by Crippen LogP contribution is 2.27. The van der Waals surface area contributed by atoms with E-state index in [0.29, 0.717) is 5.56 Å². The minimum atomic E-state index is -3.18. The highest BCUT2D eigenvalue weighted by molar-refractivity contribution is 7.94. The molecule has 7 heteroatoms. The molecule has 0 bridgehead atoms. The van der Waals surface area contributed by atoms with Crippen molar-refractivity contribution in [2.45, 2.75) is 19.9 Å². The van der Waals surface area contributed by atoms with E-state index in [-0.39, 0.29) is 11.7 Å². The largest absolute Gasteiger partial charge is 0.345 e. The van der Waals surface area contributed by atoms with E-state index < -0.39 is 15.9 Å². The third-order valence-electron chi connectivity index (χ3n) is 3.65. The zero-order valence-electron chi connectivity index (χ0n) is 12.7. The van der Waals surface area contributed by atoms with Gasteiger partial charge in [-0.05, 0) is 32.1 Å². The lowest BCUT2D eigenvalue weighted by atomic mass is 10.1. The second kappa shape index (κ2) is 5.90. The van der Waals surface area contributed by atoms with Crippen LogP contribution in [0.4, 0.5) is 0 Å². The SMILES string of the molecule is Cc1nc(-c2cccc(C(=O)N[C@@H]3C=CS(=O)(=O)C3)c2)sc1C. The summed E-state index contributed by atoms with van der Waals surface area (Å²) in [4.78, 5) is 18.0. The maximum absolute atomic E-state index is 12.3. The Labute approximate surface area is 139 Å². The fourth-order valence-corrected chi connectivity index (χ4v) is 4.45. The fraction of sp³-hybridized carbons (Fsp3) is 0.250. The summed E-state index contributed by atoms with van der Waals surface area (Å²) in [7, 11) is -3.18. The van der Waals surface area contributed by atoms with Crippen LogP contribution in [0.25, 0.3) is 10.6 Å². The van der Waals surface area contributed by atoms with Crippen LogP contribution < -0.4 is 5.32 Å². The molecule has 1 aliphatic rings. The number of aromatic nitrogens is 1. The summed E-state index contributed by atoms with van der Waals surface area (Å²) < 4.78 is 22.8. The zero-order valence-corrected chi connectivity index (χ0v) is 14.4. The third-order valence-corrected chi connectivity index (χ3v) is 6.16. The van der Waals surface area contributed by atoms with Crippen molar-refractivity contribution in [3.63, 3.8) is 0 Å². The Morgan fingerprint density at radius 3 is 2.74 bits per heavy atom. The molecule has 0 aliphatic carbocycles. The lowest BCUT2D eigenvalue weighted by Gasteiger charge is -2.10. The molecule has 0 spiro atoms. The van der Waals surface area contributed by atoms with Crippen molar-refractivity contribution in [1.29, 1.82) is 0 Å². The van der Waals surface area contributed by atoms with E-state index in [0.717, 1.165) is 26.6 Å². The van der Waals surface area contributed by atoms with Crippen LogP contribution in [0.1, 0.15) is 20.9 Å². The molecule has 2 aromatic rings. The molecule has 2 heterocycles. The number of carbonyl (C=O) groups excluding carboxylic acids is 1. The maximum atomic E-state index is 12.3. The van der Waals surface area contributed by atoms with E-state index in [1.807, 2.05) is 19.9 Å². The minimum Gasteiger partial charge on any atom is -0.345 e. The van der Waals surface area contributed by atoms with E-state index >= 15 is 0 Å². The van der Waals surface area contributed by atoms with Gasteiger partial charge in [-0.1, -0.05) is 12.1 Å². The molecule has 120 valence electrons. The molecule has 1 aliphatic heterocycles. The maximum Gasteiger partial charge on any atom is 0.251 e. The van der Waals surface area contributed by atoms with Gasteiger partial charge in [0.25, 0.3) is 5.91 Å². The average Bonchev–Trinajstić information content (AvgIpc) is 3.01. The Kier molecular flexibility index (Phi) is 4.08. The fourth-order valence-electron chi connectivity index (χ4n) is 2.31. The molecule has 1 amide bonds. The van der Waals surface area contributed by atoms with E-state index in [1.54, 1.807) is 29.5 Å². The highest BCUT2D eigenvalue weighted by Gasteiger charge is 2.23. The van der Waals surface area contributed by atoms with E-state index in [4.69, 9.17) is 0 Å². The molecule has 0 fully saturated rings. The zero-order chi connectivity index (χ0) is 16.6. The van der Waals surface area contributed by atoms with Gasteiger partial charge in [0.05, 0.1) is 17.5 Å². The first-order valence-electron chi connectivity index (χ1n) is 7.10. The topological polar surface area (TPSA) is 76.1 Å². The Morgan fingerprint density at radius 2 is 2.13 bits per heavy atom. The lowest BCUT2D eigenvalue weighted by molar-refractivity contribution is 0.0947. The van der Waals surface area contributed by atoms with Crippen molar-refractivity contribution in [1.82, 2.24) is 10.3 Å². The van der Waals surface area contributed by atoms with Crippen molar-refractivity contribution in [3.05, 3.63) is 51.9 Å². The number of hydrogen-bond acceptors (Lipinski definition) is 5. The molecular formula is C16H16N2O3S2. The molecule has 5 nitrogen and oxygen atoms in total. The number of carbonyl (C=O) groups is 1. The number of rotatable bonds is 3. The van der Waals surface area contributed by atoms with Crippen LogP contribution in [0.15, 0.2) is 35.7 Å². The van der Waals surface area contributed by atoms with Crippen LogP contribution in [-0.4, -0.2) is 31.1 Å². The molecule has 0 saturated heterocycles. The van der Waals surface area contributed by atoms with Crippen molar-refractivity contribution in [2.24, 2.45) is 0 Å². The number of thiazole rings is 1. The molecule has 1 aromatic carbocycles. The van der Waals surface area contributed by atoms with Gasteiger partial charge < -0.3 is 5.32 Å². The number of aryl methyl sites for hydroxylation is 2. The van der Waals surface area contributed by atoms with Crippen LogP contribution in [0.3, 0.4) is 0 Å². The van der Waals surface area contributed by atoms with Gasteiger partial charge in [0.15, 0.2) is 9.84 Å². The summed E-state index contributed by atoms with van der Waals surface area (Å²) in [6.07, 6.45) is 1.50. The van der Waals surface area contributed by atoms with Gasteiger partial charge in [-0.25, -0.2) is 13.4 Å². The van der Waals surface area contributed by atoms with E-state index in [2.05, 4.69) is 10.3 Å². The first-order chi connectivity index (χ1) is 10.8. The Hall–Kier alpha value is -1.99. The number of sulfone groups is 1. The summed E-state index contributed by atoms with van der Waals surface area (Å²) in [5.41, 5.74) is 2.36. The van der Waals surface area contributed by atoms with Crippen LogP contribution in [0.5, 0.6) is 0 Å². The second-order valence-corrected chi connectivity index (χ2v) is 8.61. The molecule has 3 rings (SSSR count). The normalized spacial score (nSPS) is 19.0. The molecule has 1 aromatic heterocycles. The number of amides is 1. The van der Waals surface area contributed by atoms with Gasteiger partial charge in [-0.3, -0.25) is 4.79 Å². The molecule has 1 N–H and O–H groups in total. The Balaban J connectivity index is 1.80. The lowest BCUT2D eigenvalue weighted by Crippen LogP contribution is -2.35. The third kappa shape index (κ3) is 3.51. The van der Waals surface area contributed by atoms with Crippen molar-refractivity contribution in [2.75, 3.05) is 5.75 Å². The van der Waals surface area contributed by atoms with Gasteiger partial charge in [-0.2, -0.15) is 0 Å². The van der Waals surface area contributed by atoms with Crippen LogP contribution in [0, 0.1) is 13.8 Å². The van der Waals surface area contributed by atoms with Crippen LogP contribution in [-0.2, 0) is 9.84 Å². The van der Waals surface area contributed by atoms with Gasteiger partial charge in [0.2, 0.25) is 0 Å². The molecule has 23 heavy (non-hydrogen) atoms. The standard InChI is InChI=1S/C16H16N2O3S2/c1-10-11(2)22-16(17-10)13-5-3-4-12(8-13)15(19)18-14-6-7-23(20,21)9-14/h3-8,14H,9H2,1-2H3,(H,18,19)/t14-/m1/s1. The minimum absolute atomic E-state index is 0.0801. The van der Waals surface area contributed by atoms with E-state index in [9.17, 15) is 13.2 Å². The van der Waals surface area contributed by atoms with Crippen LogP contribution in [0.2, 0.25) is 0 Å². The predicted octanol–water partition coefficient (Wildman–Crippen LogP) is 2.47. The quantitative estimate of drug-likeness (QED) is 0.924. The second-order valence-electron chi connectivity index (χ2n) is 5.48. The molecule has 0 saturated carbocycles. The Morgan fingerprint density at radius 1 is 1.35 bits per heavy atom. The highest BCUT2D eigenvalue weighted by atomic mass is 32.2. The smallest absolute Gasteiger partial charge is 0.251 e. The monoisotopic (exact) mass is 348 g/mol. The molecule has 0 radical (unpaired) electrons. The van der Waals surface area contributed by atoms with Crippen molar-refractivity contribution in [3.8, 4) is 10.6 Å².